The Labute approximate surface area is 119 Å². The summed E-state index contributed by atoms with van der Waals surface area (Å²) in [6.45, 7) is 1.78. The molecule has 1 amide bonds. The summed E-state index contributed by atoms with van der Waals surface area (Å²) in [5.74, 6) is 0.164. The summed E-state index contributed by atoms with van der Waals surface area (Å²) in [7, 11) is 0. The van der Waals surface area contributed by atoms with E-state index in [2.05, 4.69) is 20.4 Å². The van der Waals surface area contributed by atoms with E-state index < -0.39 is 0 Å². The number of carbonyl (C=O) groups excluding carboxylic acids is 1. The van der Waals surface area contributed by atoms with Crippen molar-refractivity contribution in [1.82, 2.24) is 19.6 Å². The van der Waals surface area contributed by atoms with Crippen LogP contribution in [0.25, 0.3) is 5.78 Å². The minimum absolute atomic E-state index is 0.291. The highest BCUT2D eigenvalue weighted by Crippen LogP contribution is 2.21. The second kappa shape index (κ2) is 4.90. The Morgan fingerprint density at radius 3 is 2.90 bits per heavy atom. The summed E-state index contributed by atoms with van der Waals surface area (Å²) in [4.78, 5) is 20.3. The van der Waals surface area contributed by atoms with Crippen LogP contribution < -0.4 is 5.32 Å². The Balaban J connectivity index is 1.97. The number of carbonyl (C=O) groups is 1. The highest BCUT2D eigenvalue weighted by molar-refractivity contribution is 6.33. The quantitative estimate of drug-likeness (QED) is 0.785. The Bertz CT molecular complexity index is 798. The van der Waals surface area contributed by atoms with Crippen LogP contribution in [0.4, 0.5) is 5.69 Å². The molecule has 0 aliphatic carbocycles. The van der Waals surface area contributed by atoms with Crippen molar-refractivity contribution in [2.45, 2.75) is 6.92 Å². The number of amides is 1. The smallest absolute Gasteiger partial charge is 0.259 e. The fourth-order valence-corrected chi connectivity index (χ4v) is 2.05. The van der Waals surface area contributed by atoms with Crippen LogP contribution >= 0.6 is 11.6 Å². The molecule has 0 bridgehead atoms. The lowest BCUT2D eigenvalue weighted by Crippen LogP contribution is -2.16. The lowest BCUT2D eigenvalue weighted by atomic mass is 10.2. The molecule has 0 spiro atoms. The van der Waals surface area contributed by atoms with Crippen LogP contribution in [0.3, 0.4) is 0 Å². The van der Waals surface area contributed by atoms with Gasteiger partial charge in [0.05, 0.1) is 22.0 Å². The van der Waals surface area contributed by atoms with Gasteiger partial charge in [-0.15, -0.1) is 0 Å². The lowest BCUT2D eigenvalue weighted by molar-refractivity contribution is 0.102. The van der Waals surface area contributed by atoms with E-state index in [1.165, 1.54) is 17.0 Å². The first-order valence-electron chi connectivity index (χ1n) is 5.88. The average Bonchev–Trinajstić information content (AvgIpc) is 2.91. The van der Waals surface area contributed by atoms with Crippen LogP contribution in [-0.4, -0.2) is 25.5 Å². The number of rotatable bonds is 2. The van der Waals surface area contributed by atoms with Crippen LogP contribution in [0.15, 0.2) is 36.8 Å². The molecule has 2 heterocycles. The summed E-state index contributed by atoms with van der Waals surface area (Å²) >= 11 is 6.02. The summed E-state index contributed by atoms with van der Waals surface area (Å²) in [6.07, 6.45) is 2.87. The van der Waals surface area contributed by atoms with E-state index in [1.54, 1.807) is 31.2 Å². The van der Waals surface area contributed by atoms with Crippen molar-refractivity contribution in [1.29, 1.82) is 0 Å². The summed E-state index contributed by atoms with van der Waals surface area (Å²) in [5.41, 5.74) is 1.64. The van der Waals surface area contributed by atoms with Crippen molar-refractivity contribution in [2.24, 2.45) is 0 Å². The minimum atomic E-state index is -0.291. The highest BCUT2D eigenvalue weighted by atomic mass is 35.5. The molecule has 3 rings (SSSR count). The lowest BCUT2D eigenvalue weighted by Gasteiger charge is -2.09. The topological polar surface area (TPSA) is 72.2 Å². The largest absolute Gasteiger partial charge is 0.321 e. The van der Waals surface area contributed by atoms with Gasteiger partial charge in [0.1, 0.15) is 6.33 Å². The van der Waals surface area contributed by atoms with Gasteiger partial charge in [0.25, 0.3) is 11.7 Å². The number of hydrogen-bond donors (Lipinski definition) is 1. The predicted octanol–water partition coefficient (Wildman–Crippen LogP) is 2.34. The van der Waals surface area contributed by atoms with Gasteiger partial charge in [-0.05, 0) is 19.1 Å². The van der Waals surface area contributed by atoms with Gasteiger partial charge in [-0.25, -0.2) is 9.50 Å². The van der Waals surface area contributed by atoms with Gasteiger partial charge in [-0.3, -0.25) is 4.79 Å². The molecule has 2 aromatic heterocycles. The van der Waals surface area contributed by atoms with E-state index in [4.69, 9.17) is 11.6 Å². The summed E-state index contributed by atoms with van der Waals surface area (Å²) < 4.78 is 1.52. The van der Waals surface area contributed by atoms with Crippen molar-refractivity contribution >= 4 is 29.0 Å². The molecule has 0 fully saturated rings. The van der Waals surface area contributed by atoms with E-state index in [1.807, 2.05) is 0 Å². The Hall–Kier alpha value is -2.47. The molecule has 6 nitrogen and oxygen atoms in total. The van der Waals surface area contributed by atoms with Gasteiger partial charge >= 0.3 is 0 Å². The van der Waals surface area contributed by atoms with Crippen LogP contribution in [0, 0.1) is 6.92 Å². The van der Waals surface area contributed by atoms with Gasteiger partial charge in [-0.1, -0.05) is 23.7 Å². The van der Waals surface area contributed by atoms with Crippen LogP contribution in [0.2, 0.25) is 5.02 Å². The number of nitrogens with one attached hydrogen (secondary N) is 1. The zero-order valence-corrected chi connectivity index (χ0v) is 11.3. The summed E-state index contributed by atoms with van der Waals surface area (Å²) in [5, 5.41) is 7.25. The fourth-order valence-electron chi connectivity index (χ4n) is 1.87. The standard InChI is InChI=1S/C13H10ClN5O/c1-8-9(6-15-13-16-7-17-19(8)13)12(20)18-11-5-3-2-4-10(11)14/h2-7H,1H3,(H,18,20). The first-order chi connectivity index (χ1) is 9.66. The van der Waals surface area contributed by atoms with Gasteiger partial charge in [0.15, 0.2) is 0 Å². The van der Waals surface area contributed by atoms with Crippen LogP contribution in [0.1, 0.15) is 16.1 Å². The van der Waals surface area contributed by atoms with Crippen molar-refractivity contribution in [3.8, 4) is 0 Å². The number of para-hydroxylation sites is 1. The highest BCUT2D eigenvalue weighted by Gasteiger charge is 2.14. The molecule has 3 aromatic rings. The minimum Gasteiger partial charge on any atom is -0.321 e. The number of halogens is 1. The SMILES string of the molecule is Cc1c(C(=O)Nc2ccccc2Cl)cnc2ncnn12. The molecule has 100 valence electrons. The monoisotopic (exact) mass is 287 g/mol. The van der Waals surface area contributed by atoms with Gasteiger partial charge in [0.2, 0.25) is 0 Å². The van der Waals surface area contributed by atoms with Crippen molar-refractivity contribution in [3.63, 3.8) is 0 Å². The molecule has 1 N–H and O–H groups in total. The molecule has 0 saturated heterocycles. The molecule has 0 radical (unpaired) electrons. The van der Waals surface area contributed by atoms with E-state index in [0.29, 0.717) is 27.7 Å². The second-order valence-corrected chi connectivity index (χ2v) is 4.57. The van der Waals surface area contributed by atoms with E-state index in [9.17, 15) is 4.79 Å². The first-order valence-corrected chi connectivity index (χ1v) is 6.26. The predicted molar refractivity (Wildman–Crippen MR) is 74.9 cm³/mol. The van der Waals surface area contributed by atoms with E-state index >= 15 is 0 Å². The van der Waals surface area contributed by atoms with E-state index in [0.717, 1.165) is 0 Å². The molecule has 0 unspecified atom stereocenters. The molecule has 0 aliphatic heterocycles. The third-order valence-electron chi connectivity index (χ3n) is 2.91. The zero-order valence-electron chi connectivity index (χ0n) is 10.5. The maximum Gasteiger partial charge on any atom is 0.259 e. The molecular formula is C13H10ClN5O. The number of nitrogens with zero attached hydrogens (tertiary/aromatic N) is 4. The molecule has 7 heteroatoms. The molecule has 0 aliphatic rings. The number of fused-ring (bicyclic) bond motifs is 1. The molecular weight excluding hydrogens is 278 g/mol. The molecule has 0 atom stereocenters. The molecule has 0 saturated carbocycles. The number of benzene rings is 1. The Morgan fingerprint density at radius 1 is 1.30 bits per heavy atom. The number of hydrogen-bond acceptors (Lipinski definition) is 4. The van der Waals surface area contributed by atoms with Crippen molar-refractivity contribution in [3.05, 3.63) is 53.1 Å². The molecule has 1 aromatic carbocycles. The summed E-state index contributed by atoms with van der Waals surface area (Å²) in [6, 6.07) is 7.04. The van der Waals surface area contributed by atoms with Gasteiger partial charge < -0.3 is 5.32 Å². The number of aromatic nitrogens is 4. The number of anilines is 1. The number of aryl methyl sites for hydroxylation is 1. The van der Waals surface area contributed by atoms with Gasteiger partial charge in [-0.2, -0.15) is 10.1 Å². The Kier molecular flexibility index (Phi) is 3.08. The Morgan fingerprint density at radius 2 is 2.10 bits per heavy atom. The molecule has 20 heavy (non-hydrogen) atoms. The van der Waals surface area contributed by atoms with E-state index in [-0.39, 0.29) is 5.91 Å². The van der Waals surface area contributed by atoms with Crippen molar-refractivity contribution in [2.75, 3.05) is 5.32 Å². The average molecular weight is 288 g/mol. The maximum atomic E-state index is 12.3. The fraction of sp³-hybridized carbons (Fsp3) is 0.0769. The zero-order chi connectivity index (χ0) is 14.1. The normalized spacial score (nSPS) is 10.7. The first kappa shape index (κ1) is 12.6. The maximum absolute atomic E-state index is 12.3. The van der Waals surface area contributed by atoms with Crippen molar-refractivity contribution < 1.29 is 4.79 Å². The van der Waals surface area contributed by atoms with Crippen LogP contribution in [-0.2, 0) is 0 Å². The van der Waals surface area contributed by atoms with Gasteiger partial charge in [0, 0.05) is 6.20 Å². The second-order valence-electron chi connectivity index (χ2n) is 4.16. The third kappa shape index (κ3) is 2.10. The third-order valence-corrected chi connectivity index (χ3v) is 3.24. The van der Waals surface area contributed by atoms with Crippen LogP contribution in [0.5, 0.6) is 0 Å².